The summed E-state index contributed by atoms with van der Waals surface area (Å²) in [5, 5.41) is 46.3. The summed E-state index contributed by atoms with van der Waals surface area (Å²) in [6.45, 7) is 4.25. The molecule has 3 rings (SSSR count). The first-order chi connectivity index (χ1) is 20.1. The number of phenolic OH excluding ortho intramolecular Hbond substituents is 2. The quantitative estimate of drug-likeness (QED) is 0.0860. The Morgan fingerprint density at radius 3 is 1.17 bits per heavy atom. The van der Waals surface area contributed by atoms with Crippen LogP contribution in [-0.4, -0.2) is 31.6 Å². The number of carbonyl (C=O) groups excluding carboxylic acids is 2. The topological polar surface area (TPSA) is 161 Å². The maximum atomic E-state index is 13.7. The lowest BCUT2D eigenvalue weighted by atomic mass is 9.79. The molecule has 0 radical (unpaired) electrons. The van der Waals surface area contributed by atoms with Crippen LogP contribution in [0.15, 0.2) is 12.1 Å². The van der Waals surface area contributed by atoms with E-state index in [9.17, 15) is 40.0 Å². The van der Waals surface area contributed by atoms with Crippen LogP contribution >= 0.6 is 0 Å². The standard InChI is InChI=1S/C32H42N2O8/c1-3-5-7-9-11-13-15-17-21-19-23(33(39)40)25-27(29(21)35)31(37)26-24(34(41)42)20-22(30(36)28(26)32(25)38)18-16-14-12-10-8-6-4-2/h19-20,35-36H,3-18H2,1-2H3. The number of aryl methyl sites for hydroxylation is 2. The van der Waals surface area contributed by atoms with E-state index in [2.05, 4.69) is 13.8 Å². The summed E-state index contributed by atoms with van der Waals surface area (Å²) in [5.74, 6) is -3.31. The molecule has 0 saturated carbocycles. The second-order valence-electron chi connectivity index (χ2n) is 11.2. The lowest BCUT2D eigenvalue weighted by Crippen LogP contribution is -2.25. The lowest BCUT2D eigenvalue weighted by Gasteiger charge is -2.22. The number of fused-ring (bicyclic) bond motifs is 2. The smallest absolute Gasteiger partial charge is 0.281 e. The Morgan fingerprint density at radius 2 is 0.857 bits per heavy atom. The fourth-order valence-electron chi connectivity index (χ4n) is 5.79. The normalized spacial score (nSPS) is 12.3. The van der Waals surface area contributed by atoms with Crippen LogP contribution in [0, 0.1) is 20.2 Å². The molecule has 0 atom stereocenters. The second kappa shape index (κ2) is 15.4. The predicted octanol–water partition coefficient (Wildman–Crippen LogP) is 8.28. The Morgan fingerprint density at radius 1 is 0.548 bits per heavy atom. The molecule has 0 spiro atoms. The van der Waals surface area contributed by atoms with Crippen LogP contribution in [0.4, 0.5) is 11.4 Å². The highest BCUT2D eigenvalue weighted by molar-refractivity contribution is 6.33. The first-order valence-electron chi connectivity index (χ1n) is 15.3. The number of nitrogens with zero attached hydrogens (tertiary/aromatic N) is 2. The molecular weight excluding hydrogens is 540 g/mol. The molecule has 0 unspecified atom stereocenters. The number of aromatic hydroxyl groups is 2. The maximum Gasteiger partial charge on any atom is 0.281 e. The van der Waals surface area contributed by atoms with Gasteiger partial charge in [-0.25, -0.2) is 0 Å². The van der Waals surface area contributed by atoms with Crippen LogP contribution in [0.5, 0.6) is 11.5 Å². The summed E-state index contributed by atoms with van der Waals surface area (Å²) < 4.78 is 0. The summed E-state index contributed by atoms with van der Waals surface area (Å²) >= 11 is 0. The number of benzene rings is 2. The Kier molecular flexibility index (Phi) is 12.0. The van der Waals surface area contributed by atoms with Crippen molar-refractivity contribution in [3.63, 3.8) is 0 Å². The Hall–Kier alpha value is -3.82. The van der Waals surface area contributed by atoms with Gasteiger partial charge in [0.05, 0.1) is 21.0 Å². The van der Waals surface area contributed by atoms with E-state index in [0.717, 1.165) is 89.2 Å². The fourth-order valence-corrected chi connectivity index (χ4v) is 5.79. The number of nitro benzene ring substituents is 2. The SMILES string of the molecule is CCCCCCCCCc1cc([N+](=O)[O-])c2c(c1O)C(=O)c1c([N+](=O)[O-])cc(CCCCCCCCC)c(O)c1C2=O. The zero-order chi connectivity index (χ0) is 30.8. The average molecular weight is 583 g/mol. The zero-order valence-corrected chi connectivity index (χ0v) is 24.7. The molecule has 0 saturated heterocycles. The van der Waals surface area contributed by atoms with Gasteiger partial charge in [-0.1, -0.05) is 90.9 Å². The van der Waals surface area contributed by atoms with Gasteiger partial charge in [-0.2, -0.15) is 0 Å². The van der Waals surface area contributed by atoms with Crippen LogP contribution in [0.25, 0.3) is 0 Å². The number of hydrogen-bond donors (Lipinski definition) is 2. The van der Waals surface area contributed by atoms with Gasteiger partial charge in [-0.05, 0) is 25.7 Å². The van der Waals surface area contributed by atoms with Crippen LogP contribution in [-0.2, 0) is 12.8 Å². The van der Waals surface area contributed by atoms with E-state index in [1.165, 1.54) is 0 Å². The number of rotatable bonds is 18. The molecule has 0 heterocycles. The zero-order valence-electron chi connectivity index (χ0n) is 24.7. The minimum atomic E-state index is -1.08. The number of ketones is 2. The molecule has 0 bridgehead atoms. The van der Waals surface area contributed by atoms with Gasteiger partial charge in [0, 0.05) is 23.3 Å². The first-order valence-corrected chi connectivity index (χ1v) is 15.3. The van der Waals surface area contributed by atoms with Gasteiger partial charge >= 0.3 is 0 Å². The molecule has 2 aromatic carbocycles. The molecule has 0 aliphatic heterocycles. The third-order valence-electron chi connectivity index (χ3n) is 8.12. The van der Waals surface area contributed by atoms with Gasteiger partial charge in [-0.15, -0.1) is 0 Å². The molecule has 0 fully saturated rings. The van der Waals surface area contributed by atoms with Crippen LogP contribution in [0.1, 0.15) is 147 Å². The summed E-state index contributed by atoms with van der Waals surface area (Å²) in [6, 6.07) is 2.21. The highest BCUT2D eigenvalue weighted by Gasteiger charge is 2.44. The molecule has 0 amide bonds. The summed E-state index contributed by atoms with van der Waals surface area (Å²) in [5.41, 5.74) is -3.55. The predicted molar refractivity (Wildman–Crippen MR) is 160 cm³/mol. The molecule has 2 aromatic rings. The monoisotopic (exact) mass is 582 g/mol. The van der Waals surface area contributed by atoms with Crippen molar-refractivity contribution < 1.29 is 29.6 Å². The van der Waals surface area contributed by atoms with Crippen LogP contribution in [0.2, 0.25) is 0 Å². The van der Waals surface area contributed by atoms with Gasteiger partial charge in [0.15, 0.2) is 0 Å². The lowest BCUT2D eigenvalue weighted by molar-refractivity contribution is -0.385. The average Bonchev–Trinajstić information content (AvgIpc) is 2.95. The van der Waals surface area contributed by atoms with Crippen molar-refractivity contribution in [3.8, 4) is 11.5 Å². The molecule has 1 aliphatic carbocycles. The van der Waals surface area contributed by atoms with Gasteiger partial charge in [0.2, 0.25) is 11.6 Å². The van der Waals surface area contributed by atoms with Gasteiger partial charge in [0.1, 0.15) is 22.6 Å². The third kappa shape index (κ3) is 7.33. The van der Waals surface area contributed by atoms with E-state index in [1.807, 2.05) is 0 Å². The Labute approximate surface area is 246 Å². The molecule has 42 heavy (non-hydrogen) atoms. The van der Waals surface area contributed by atoms with Gasteiger partial charge in [0.25, 0.3) is 11.4 Å². The van der Waals surface area contributed by atoms with Crippen LogP contribution < -0.4 is 0 Å². The van der Waals surface area contributed by atoms with Gasteiger partial charge < -0.3 is 10.2 Å². The first kappa shape index (κ1) is 32.7. The molecule has 0 aromatic heterocycles. The van der Waals surface area contributed by atoms with Crippen molar-refractivity contribution in [2.45, 2.75) is 117 Å². The van der Waals surface area contributed by atoms with Crippen molar-refractivity contribution in [1.29, 1.82) is 0 Å². The highest BCUT2D eigenvalue weighted by atomic mass is 16.6. The van der Waals surface area contributed by atoms with Gasteiger partial charge in [-0.3, -0.25) is 29.8 Å². The number of phenols is 2. The Bertz CT molecular complexity index is 1230. The van der Waals surface area contributed by atoms with Crippen molar-refractivity contribution in [3.05, 3.63) is 65.7 Å². The van der Waals surface area contributed by atoms with Crippen molar-refractivity contribution in [2.75, 3.05) is 0 Å². The van der Waals surface area contributed by atoms with Crippen LogP contribution in [0.3, 0.4) is 0 Å². The van der Waals surface area contributed by atoms with E-state index in [-0.39, 0.29) is 24.0 Å². The largest absolute Gasteiger partial charge is 0.507 e. The summed E-state index contributed by atoms with van der Waals surface area (Å²) in [6.07, 6.45) is 14.2. The molecule has 1 aliphatic rings. The fraction of sp³-hybridized carbons (Fsp3) is 0.562. The minimum Gasteiger partial charge on any atom is -0.507 e. The maximum absolute atomic E-state index is 13.7. The third-order valence-corrected chi connectivity index (χ3v) is 8.12. The van der Waals surface area contributed by atoms with E-state index in [1.54, 1.807) is 0 Å². The molecule has 10 heteroatoms. The molecule has 10 nitrogen and oxygen atoms in total. The second-order valence-corrected chi connectivity index (χ2v) is 11.2. The minimum absolute atomic E-state index is 0.140. The van der Waals surface area contributed by atoms with Crippen molar-refractivity contribution >= 4 is 22.9 Å². The van der Waals surface area contributed by atoms with E-state index in [4.69, 9.17) is 0 Å². The molecule has 2 N–H and O–H groups in total. The van der Waals surface area contributed by atoms with E-state index < -0.39 is 66.5 Å². The number of carbonyl (C=O) groups is 2. The Balaban J connectivity index is 1.96. The van der Waals surface area contributed by atoms with Crippen molar-refractivity contribution in [1.82, 2.24) is 0 Å². The van der Waals surface area contributed by atoms with E-state index >= 15 is 0 Å². The molecular formula is C32H42N2O8. The summed E-state index contributed by atoms with van der Waals surface area (Å²) in [4.78, 5) is 49.9. The van der Waals surface area contributed by atoms with E-state index in [0.29, 0.717) is 12.8 Å². The number of nitro groups is 2. The van der Waals surface area contributed by atoms with Crippen molar-refractivity contribution in [2.24, 2.45) is 0 Å². The summed E-state index contributed by atoms with van der Waals surface area (Å²) in [7, 11) is 0. The molecule has 228 valence electrons. The highest BCUT2D eigenvalue weighted by Crippen LogP contribution is 2.46. The number of unbranched alkanes of at least 4 members (excludes halogenated alkanes) is 12. The number of hydrogen-bond acceptors (Lipinski definition) is 8.